The fourth-order valence-electron chi connectivity index (χ4n) is 3.29. The number of alkyl halides is 1. The first kappa shape index (κ1) is 22.1. The number of halogens is 1. The van der Waals surface area contributed by atoms with Gasteiger partial charge in [-0.2, -0.15) is 0 Å². The van der Waals surface area contributed by atoms with Crippen LogP contribution in [0.2, 0.25) is 0 Å². The van der Waals surface area contributed by atoms with Crippen LogP contribution in [-0.2, 0) is 19.1 Å². The average Bonchev–Trinajstić information content (AvgIpc) is 3.33. The van der Waals surface area contributed by atoms with Gasteiger partial charge in [-0.25, -0.2) is 0 Å². The number of carbonyl (C=O) groups is 2. The lowest BCUT2D eigenvalue weighted by atomic mass is 9.90. The van der Waals surface area contributed by atoms with Crippen molar-refractivity contribution in [1.29, 1.82) is 0 Å². The number of allylic oxidation sites excluding steroid dienone is 4. The van der Waals surface area contributed by atoms with Crippen molar-refractivity contribution in [3.05, 3.63) is 36.0 Å². The number of hydrogen-bond acceptors (Lipinski definition) is 5. The second-order valence-corrected chi connectivity index (χ2v) is 8.22. The second-order valence-electron chi connectivity index (χ2n) is 7.04. The highest BCUT2D eigenvalue weighted by Crippen LogP contribution is 2.60. The fraction of sp³-hybridized carbons (Fsp3) is 0.619. The summed E-state index contributed by atoms with van der Waals surface area (Å²) < 4.78 is 8.97. The van der Waals surface area contributed by atoms with Gasteiger partial charge in [0, 0.05) is 18.4 Å². The minimum absolute atomic E-state index is 0.214. The Labute approximate surface area is 169 Å². The summed E-state index contributed by atoms with van der Waals surface area (Å²) in [6.45, 7) is 2.16. The van der Waals surface area contributed by atoms with Gasteiger partial charge >= 0.3 is 5.97 Å². The van der Waals surface area contributed by atoms with Crippen LogP contribution in [0.4, 0.5) is 0 Å². The van der Waals surface area contributed by atoms with E-state index in [4.69, 9.17) is 4.74 Å². The number of fused-ring (bicyclic) bond motifs is 1. The normalized spacial score (nSPS) is 31.2. The van der Waals surface area contributed by atoms with E-state index in [1.54, 1.807) is 12.2 Å². The Balaban J connectivity index is 1.95. The number of Topliss-reactive ketones (excluding diaryl/α,β-unsaturated/α-hetero) is 1. The molecule has 1 N–H and O–H groups in total. The molecule has 0 amide bonds. The monoisotopic (exact) mass is 440 g/mol. The quantitative estimate of drug-likeness (QED) is 0.130. The van der Waals surface area contributed by atoms with Gasteiger partial charge in [0.15, 0.2) is 0 Å². The summed E-state index contributed by atoms with van der Waals surface area (Å²) in [4.78, 5) is 23.7. The molecule has 0 radical (unpaired) electrons. The van der Waals surface area contributed by atoms with Crippen LogP contribution in [0.5, 0.6) is 0 Å². The van der Waals surface area contributed by atoms with E-state index < -0.39 is 16.2 Å². The topological polar surface area (TPSA) is 76.1 Å². The molecule has 3 atom stereocenters. The van der Waals surface area contributed by atoms with E-state index in [0.29, 0.717) is 31.3 Å². The Morgan fingerprint density at radius 3 is 2.70 bits per heavy atom. The zero-order valence-corrected chi connectivity index (χ0v) is 17.7. The standard InChI is InChI=1S/C21H29BrO5/c1-3-4-5-6-9-12-15-20(25)16(18(24)21(22)19(20)27-21)13-10-7-8-11-14-17(23)26-2/h7,9-10,12-13,19,25H,3-6,8,11,14-15H2,1-2H3/b10-7-,12-9-,16-13-/t19-,20-,21+/m0/s1. The van der Waals surface area contributed by atoms with E-state index in [0.717, 1.165) is 12.8 Å². The van der Waals surface area contributed by atoms with Crippen molar-refractivity contribution in [2.24, 2.45) is 0 Å². The molecule has 2 aliphatic rings. The molecule has 0 aromatic rings. The highest BCUT2D eigenvalue weighted by Gasteiger charge is 2.77. The number of carbonyl (C=O) groups excluding carboxylic acids is 2. The Kier molecular flexibility index (Phi) is 8.01. The number of epoxide rings is 1. The molecule has 1 aliphatic carbocycles. The largest absolute Gasteiger partial charge is 0.469 e. The second kappa shape index (κ2) is 9.80. The van der Waals surface area contributed by atoms with Crippen molar-refractivity contribution >= 4 is 27.7 Å². The predicted molar refractivity (Wildman–Crippen MR) is 107 cm³/mol. The third-order valence-corrected chi connectivity index (χ3v) is 5.94. The van der Waals surface area contributed by atoms with Crippen LogP contribution in [-0.4, -0.2) is 40.2 Å². The minimum atomic E-state index is -1.31. The highest BCUT2D eigenvalue weighted by molar-refractivity contribution is 9.10. The van der Waals surface area contributed by atoms with Gasteiger partial charge in [-0.15, -0.1) is 0 Å². The fourth-order valence-corrected chi connectivity index (χ4v) is 4.07. The van der Waals surface area contributed by atoms with Gasteiger partial charge < -0.3 is 14.6 Å². The molecule has 1 saturated carbocycles. The molecule has 27 heavy (non-hydrogen) atoms. The molecule has 1 aliphatic heterocycles. The summed E-state index contributed by atoms with van der Waals surface area (Å²) in [6, 6.07) is 0. The molecule has 0 aromatic carbocycles. The van der Waals surface area contributed by atoms with Crippen LogP contribution < -0.4 is 0 Å². The maximum Gasteiger partial charge on any atom is 0.305 e. The summed E-state index contributed by atoms with van der Waals surface area (Å²) in [6.07, 6.45) is 15.3. The molecule has 150 valence electrons. The van der Waals surface area contributed by atoms with Crippen LogP contribution in [0.15, 0.2) is 36.0 Å². The van der Waals surface area contributed by atoms with Crippen molar-refractivity contribution in [3.63, 3.8) is 0 Å². The summed E-state index contributed by atoms with van der Waals surface area (Å²) in [5.74, 6) is -0.445. The van der Waals surface area contributed by atoms with Gasteiger partial charge in [0.2, 0.25) is 10.3 Å². The van der Waals surface area contributed by atoms with E-state index >= 15 is 0 Å². The SMILES string of the molecule is CCCCC/C=C\C[C@]1(O)/C(=C\C=C/CCCC(=O)OC)C(=O)[C@@]2(Br)O[C@H]21. The molecule has 6 heteroatoms. The van der Waals surface area contributed by atoms with Crippen molar-refractivity contribution in [2.45, 2.75) is 74.5 Å². The highest BCUT2D eigenvalue weighted by atomic mass is 79.9. The first-order valence-electron chi connectivity index (χ1n) is 9.63. The molecule has 0 unspecified atom stereocenters. The van der Waals surface area contributed by atoms with Crippen LogP contribution in [0.1, 0.15) is 58.3 Å². The Morgan fingerprint density at radius 1 is 1.26 bits per heavy atom. The van der Waals surface area contributed by atoms with Crippen molar-refractivity contribution in [1.82, 2.24) is 0 Å². The maximum atomic E-state index is 12.6. The summed E-state index contributed by atoms with van der Waals surface area (Å²) >= 11 is 3.33. The average molecular weight is 441 g/mol. The zero-order valence-electron chi connectivity index (χ0n) is 16.1. The number of hydrogen-bond donors (Lipinski definition) is 1. The predicted octanol–water partition coefficient (Wildman–Crippen LogP) is 4.14. The molecule has 1 saturated heterocycles. The van der Waals surface area contributed by atoms with E-state index in [1.165, 1.54) is 20.0 Å². The maximum absolute atomic E-state index is 12.6. The van der Waals surface area contributed by atoms with E-state index in [2.05, 4.69) is 33.7 Å². The van der Waals surface area contributed by atoms with E-state index in [9.17, 15) is 14.7 Å². The molecule has 0 bridgehead atoms. The molecule has 0 spiro atoms. The number of esters is 1. The van der Waals surface area contributed by atoms with Gasteiger partial charge in [-0.05, 0) is 41.6 Å². The van der Waals surface area contributed by atoms with Crippen LogP contribution in [0.25, 0.3) is 0 Å². The lowest BCUT2D eigenvalue weighted by molar-refractivity contribution is -0.140. The first-order valence-corrected chi connectivity index (χ1v) is 10.4. The zero-order chi connectivity index (χ0) is 19.9. The van der Waals surface area contributed by atoms with Gasteiger partial charge in [-0.1, -0.05) is 50.1 Å². The lowest BCUT2D eigenvalue weighted by Crippen LogP contribution is -2.35. The third-order valence-electron chi connectivity index (χ3n) is 4.97. The van der Waals surface area contributed by atoms with Crippen LogP contribution in [0, 0.1) is 0 Å². The number of ether oxygens (including phenoxy) is 2. The van der Waals surface area contributed by atoms with Gasteiger partial charge in [0.05, 0.1) is 7.11 Å². The molecular formula is C21H29BrO5. The molecule has 1 heterocycles. The van der Waals surface area contributed by atoms with Crippen molar-refractivity contribution in [3.8, 4) is 0 Å². The summed E-state index contributed by atoms with van der Waals surface area (Å²) in [5.41, 5.74) is -0.934. The lowest BCUT2D eigenvalue weighted by Gasteiger charge is -2.23. The van der Waals surface area contributed by atoms with Crippen LogP contribution in [0.3, 0.4) is 0 Å². The molecule has 2 fully saturated rings. The molecule has 2 rings (SSSR count). The Morgan fingerprint density at radius 2 is 2.00 bits per heavy atom. The number of aliphatic hydroxyl groups is 1. The Hall–Kier alpha value is -1.24. The van der Waals surface area contributed by atoms with Crippen molar-refractivity contribution < 1.29 is 24.2 Å². The summed E-state index contributed by atoms with van der Waals surface area (Å²) in [5, 5.41) is 11.1. The van der Waals surface area contributed by atoms with E-state index in [1.807, 2.05) is 12.2 Å². The number of unbranched alkanes of at least 4 members (excludes halogenated alkanes) is 4. The number of ketones is 1. The van der Waals surface area contributed by atoms with Crippen molar-refractivity contribution in [2.75, 3.05) is 7.11 Å². The van der Waals surface area contributed by atoms with Gasteiger partial charge in [0.25, 0.3) is 0 Å². The molecule has 0 aromatic heterocycles. The smallest absolute Gasteiger partial charge is 0.305 e. The van der Waals surface area contributed by atoms with Crippen LogP contribution >= 0.6 is 15.9 Å². The van der Waals surface area contributed by atoms with Gasteiger partial charge in [0.1, 0.15) is 11.7 Å². The first-order chi connectivity index (χ1) is 12.9. The minimum Gasteiger partial charge on any atom is -0.469 e. The third kappa shape index (κ3) is 5.18. The molecular weight excluding hydrogens is 412 g/mol. The number of methoxy groups -OCH3 is 1. The van der Waals surface area contributed by atoms with Gasteiger partial charge in [-0.3, -0.25) is 9.59 Å². The molecule has 5 nitrogen and oxygen atoms in total. The van der Waals surface area contributed by atoms with E-state index in [-0.39, 0.29) is 11.8 Å². The number of rotatable bonds is 11. The summed E-state index contributed by atoms with van der Waals surface area (Å²) in [7, 11) is 1.37. The Bertz CT molecular complexity index is 638.